The molecule has 0 rings (SSSR count). The summed E-state index contributed by atoms with van der Waals surface area (Å²) in [6.45, 7) is 4.63. The van der Waals surface area contributed by atoms with Crippen LogP contribution in [0.1, 0.15) is 39.0 Å². The molecule has 0 saturated heterocycles. The van der Waals surface area contributed by atoms with Gasteiger partial charge in [0.1, 0.15) is 0 Å². The Balaban J connectivity index is 2.89. The first-order valence-corrected chi connectivity index (χ1v) is 5.64. The van der Waals surface area contributed by atoms with Gasteiger partial charge < -0.3 is 14.6 Å². The van der Waals surface area contributed by atoms with E-state index in [9.17, 15) is 4.79 Å². The second-order valence-electron chi connectivity index (χ2n) is 3.43. The number of hydrogen-bond donors (Lipinski definition) is 1. The van der Waals surface area contributed by atoms with Crippen LogP contribution in [0.4, 0.5) is 0 Å². The molecule has 0 aromatic heterocycles. The Bertz CT molecular complexity index is 148. The fourth-order valence-electron chi connectivity index (χ4n) is 1.10. The van der Waals surface area contributed by atoms with E-state index in [2.05, 4.69) is 6.92 Å². The van der Waals surface area contributed by atoms with Gasteiger partial charge in [-0.3, -0.25) is 4.79 Å². The number of ether oxygens (including phenoxy) is 2. The van der Waals surface area contributed by atoms with Crippen molar-refractivity contribution in [2.45, 2.75) is 39.0 Å². The first-order valence-electron chi connectivity index (χ1n) is 5.64. The highest BCUT2D eigenvalue weighted by Gasteiger charge is 1.96. The van der Waals surface area contributed by atoms with Crippen LogP contribution < -0.4 is 0 Å². The predicted octanol–water partition coefficient (Wildman–Crippen LogP) is 2.07. The van der Waals surface area contributed by atoms with Crippen LogP contribution in [0.3, 0.4) is 0 Å². The molecular weight excluding hydrogens is 196 g/mol. The molecule has 0 saturated carbocycles. The molecule has 0 spiro atoms. The van der Waals surface area contributed by atoms with Crippen molar-refractivity contribution in [3.05, 3.63) is 0 Å². The molecule has 0 bridgehead atoms. The zero-order valence-corrected chi connectivity index (χ0v) is 9.54. The van der Waals surface area contributed by atoms with Crippen molar-refractivity contribution in [1.82, 2.24) is 0 Å². The van der Waals surface area contributed by atoms with Crippen molar-refractivity contribution < 1.29 is 19.4 Å². The molecule has 90 valence electrons. The minimum atomic E-state index is -0.769. The predicted molar refractivity (Wildman–Crippen MR) is 58.0 cm³/mol. The summed E-state index contributed by atoms with van der Waals surface area (Å²) in [5, 5.41) is 8.36. The first-order chi connectivity index (χ1) is 7.27. The first kappa shape index (κ1) is 14.4. The van der Waals surface area contributed by atoms with E-state index in [4.69, 9.17) is 14.6 Å². The molecule has 0 heterocycles. The molecule has 0 radical (unpaired) electrons. The van der Waals surface area contributed by atoms with Gasteiger partial charge in [-0.2, -0.15) is 0 Å². The maximum atomic E-state index is 10.2. The van der Waals surface area contributed by atoms with Crippen LogP contribution in [-0.4, -0.2) is 37.5 Å². The summed E-state index contributed by atoms with van der Waals surface area (Å²) >= 11 is 0. The summed E-state index contributed by atoms with van der Waals surface area (Å²) < 4.78 is 10.5. The summed E-state index contributed by atoms with van der Waals surface area (Å²) in [6.07, 6.45) is 4.27. The van der Waals surface area contributed by atoms with Crippen molar-refractivity contribution >= 4 is 5.97 Å². The van der Waals surface area contributed by atoms with E-state index in [0.717, 1.165) is 13.0 Å². The molecule has 0 aliphatic carbocycles. The normalized spacial score (nSPS) is 10.5. The SMILES string of the molecule is CCCCCOCCOCCCC(=O)O. The Hall–Kier alpha value is -0.610. The lowest BCUT2D eigenvalue weighted by molar-refractivity contribution is -0.137. The Morgan fingerprint density at radius 1 is 1.00 bits per heavy atom. The molecule has 0 aliphatic rings. The van der Waals surface area contributed by atoms with E-state index >= 15 is 0 Å². The number of rotatable bonds is 11. The van der Waals surface area contributed by atoms with Gasteiger partial charge >= 0.3 is 5.97 Å². The lowest BCUT2D eigenvalue weighted by Gasteiger charge is -2.04. The molecule has 4 nitrogen and oxygen atoms in total. The molecule has 15 heavy (non-hydrogen) atoms. The largest absolute Gasteiger partial charge is 0.481 e. The minimum Gasteiger partial charge on any atom is -0.481 e. The molecule has 0 aromatic rings. The van der Waals surface area contributed by atoms with Gasteiger partial charge in [0.2, 0.25) is 0 Å². The maximum Gasteiger partial charge on any atom is 0.303 e. The number of hydrogen-bond acceptors (Lipinski definition) is 3. The number of aliphatic carboxylic acids is 1. The van der Waals surface area contributed by atoms with Gasteiger partial charge in [0, 0.05) is 19.6 Å². The molecule has 0 amide bonds. The van der Waals surface area contributed by atoms with Crippen LogP contribution in [0.2, 0.25) is 0 Å². The van der Waals surface area contributed by atoms with E-state index in [1.807, 2.05) is 0 Å². The van der Waals surface area contributed by atoms with E-state index in [0.29, 0.717) is 26.2 Å². The lowest BCUT2D eigenvalue weighted by Crippen LogP contribution is -2.07. The molecule has 0 unspecified atom stereocenters. The Labute approximate surface area is 91.6 Å². The number of unbranched alkanes of at least 4 members (excludes halogenated alkanes) is 2. The van der Waals surface area contributed by atoms with Crippen molar-refractivity contribution in [3.63, 3.8) is 0 Å². The average molecular weight is 218 g/mol. The third kappa shape index (κ3) is 13.4. The zero-order valence-electron chi connectivity index (χ0n) is 9.54. The van der Waals surface area contributed by atoms with E-state index in [1.54, 1.807) is 0 Å². The highest BCUT2D eigenvalue weighted by molar-refractivity contribution is 5.66. The summed E-state index contributed by atoms with van der Waals surface area (Å²) in [4.78, 5) is 10.2. The van der Waals surface area contributed by atoms with Crippen molar-refractivity contribution in [2.24, 2.45) is 0 Å². The topological polar surface area (TPSA) is 55.8 Å². The van der Waals surface area contributed by atoms with Crippen LogP contribution in [0.15, 0.2) is 0 Å². The van der Waals surface area contributed by atoms with Gasteiger partial charge in [-0.25, -0.2) is 0 Å². The van der Waals surface area contributed by atoms with Gasteiger partial charge in [-0.1, -0.05) is 19.8 Å². The van der Waals surface area contributed by atoms with Crippen LogP contribution >= 0.6 is 0 Å². The Morgan fingerprint density at radius 2 is 1.60 bits per heavy atom. The van der Waals surface area contributed by atoms with E-state index < -0.39 is 5.97 Å². The third-order valence-corrected chi connectivity index (χ3v) is 1.94. The van der Waals surface area contributed by atoms with Crippen molar-refractivity contribution in [1.29, 1.82) is 0 Å². The summed E-state index contributed by atoms with van der Waals surface area (Å²) in [7, 11) is 0. The average Bonchev–Trinajstić information content (AvgIpc) is 2.20. The van der Waals surface area contributed by atoms with Gasteiger partial charge in [0.15, 0.2) is 0 Å². The fraction of sp³-hybridized carbons (Fsp3) is 0.909. The fourth-order valence-corrected chi connectivity index (χ4v) is 1.10. The van der Waals surface area contributed by atoms with Crippen LogP contribution in [0.5, 0.6) is 0 Å². The third-order valence-electron chi connectivity index (χ3n) is 1.94. The minimum absolute atomic E-state index is 0.178. The van der Waals surface area contributed by atoms with Crippen LogP contribution in [-0.2, 0) is 14.3 Å². The number of carboxylic acid groups (broad SMARTS) is 1. The van der Waals surface area contributed by atoms with E-state index in [-0.39, 0.29) is 6.42 Å². The van der Waals surface area contributed by atoms with Crippen molar-refractivity contribution in [2.75, 3.05) is 26.4 Å². The van der Waals surface area contributed by atoms with Crippen molar-refractivity contribution in [3.8, 4) is 0 Å². The zero-order chi connectivity index (χ0) is 11.4. The molecule has 0 atom stereocenters. The number of carbonyl (C=O) groups is 1. The van der Waals surface area contributed by atoms with Gasteiger partial charge in [-0.15, -0.1) is 0 Å². The molecule has 4 heteroatoms. The molecule has 0 aliphatic heterocycles. The second-order valence-corrected chi connectivity index (χ2v) is 3.43. The summed E-state index contributed by atoms with van der Waals surface area (Å²) in [6, 6.07) is 0. The lowest BCUT2D eigenvalue weighted by atomic mass is 10.3. The maximum absolute atomic E-state index is 10.2. The standard InChI is InChI=1S/C11H22O4/c1-2-3-4-7-14-9-10-15-8-5-6-11(12)13/h2-10H2,1H3,(H,12,13). The number of carboxylic acids is 1. The highest BCUT2D eigenvalue weighted by Crippen LogP contribution is 1.94. The smallest absolute Gasteiger partial charge is 0.303 e. The summed E-state index contributed by atoms with van der Waals surface area (Å²) in [5.74, 6) is -0.769. The second kappa shape index (κ2) is 11.5. The molecule has 0 aromatic carbocycles. The summed E-state index contributed by atoms with van der Waals surface area (Å²) in [5.41, 5.74) is 0. The quantitative estimate of drug-likeness (QED) is 0.539. The van der Waals surface area contributed by atoms with Gasteiger partial charge in [0.25, 0.3) is 0 Å². The Morgan fingerprint density at radius 3 is 2.13 bits per heavy atom. The monoisotopic (exact) mass is 218 g/mol. The molecule has 1 N–H and O–H groups in total. The molecule has 0 fully saturated rings. The van der Waals surface area contributed by atoms with Gasteiger partial charge in [0.05, 0.1) is 13.2 Å². The highest BCUT2D eigenvalue weighted by atomic mass is 16.5. The van der Waals surface area contributed by atoms with Gasteiger partial charge in [-0.05, 0) is 12.8 Å². The van der Waals surface area contributed by atoms with Crippen LogP contribution in [0, 0.1) is 0 Å². The Kier molecular flexibility index (Phi) is 11.0. The molecular formula is C11H22O4. The van der Waals surface area contributed by atoms with Crippen LogP contribution in [0.25, 0.3) is 0 Å². The van der Waals surface area contributed by atoms with E-state index in [1.165, 1.54) is 12.8 Å².